The maximum atomic E-state index is 13.0. The third-order valence-electron chi connectivity index (χ3n) is 4.70. The van der Waals surface area contributed by atoms with E-state index >= 15 is 0 Å². The normalized spacial score (nSPS) is 16.7. The number of anilines is 1. The SMILES string of the molecule is O=S(=O)(C=CC#Cc1ccc2c(c1)OCO2)N1CCN(c2ccc(F)cc2)CC1. The molecule has 6 nitrogen and oxygen atoms in total. The predicted octanol–water partition coefficient (Wildman–Crippen LogP) is 2.57. The molecule has 2 aromatic rings. The summed E-state index contributed by atoms with van der Waals surface area (Å²) >= 11 is 0. The minimum atomic E-state index is -3.54. The van der Waals surface area contributed by atoms with Crippen molar-refractivity contribution >= 4 is 15.7 Å². The van der Waals surface area contributed by atoms with E-state index in [2.05, 4.69) is 11.8 Å². The molecule has 0 unspecified atom stereocenters. The number of hydrogen-bond donors (Lipinski definition) is 0. The lowest BCUT2D eigenvalue weighted by molar-refractivity contribution is 0.174. The zero-order chi connectivity index (χ0) is 20.3. The van der Waals surface area contributed by atoms with E-state index in [1.54, 1.807) is 30.3 Å². The van der Waals surface area contributed by atoms with Gasteiger partial charge in [-0.1, -0.05) is 11.8 Å². The molecule has 1 fully saturated rings. The fourth-order valence-corrected chi connectivity index (χ4v) is 4.24. The average molecular weight is 414 g/mol. The summed E-state index contributed by atoms with van der Waals surface area (Å²) in [4.78, 5) is 2.04. The number of fused-ring (bicyclic) bond motifs is 1. The van der Waals surface area contributed by atoms with Crippen LogP contribution in [0.2, 0.25) is 0 Å². The molecule has 0 saturated carbocycles. The second-order valence-corrected chi connectivity index (χ2v) is 8.37. The van der Waals surface area contributed by atoms with Crippen LogP contribution in [0.3, 0.4) is 0 Å². The van der Waals surface area contributed by atoms with Crippen molar-refractivity contribution in [1.29, 1.82) is 0 Å². The lowest BCUT2D eigenvalue weighted by Crippen LogP contribution is -2.48. The molecule has 2 heterocycles. The molecule has 0 bridgehead atoms. The molecule has 150 valence electrons. The Bertz CT molecular complexity index is 1080. The molecule has 29 heavy (non-hydrogen) atoms. The van der Waals surface area contributed by atoms with Gasteiger partial charge in [0, 0.05) is 43.5 Å². The van der Waals surface area contributed by atoms with E-state index < -0.39 is 10.0 Å². The molecule has 0 amide bonds. The Morgan fingerprint density at radius 1 is 0.966 bits per heavy atom. The monoisotopic (exact) mass is 414 g/mol. The molecule has 0 spiro atoms. The number of rotatable bonds is 3. The first-order valence-electron chi connectivity index (χ1n) is 9.10. The number of sulfonamides is 1. The summed E-state index contributed by atoms with van der Waals surface area (Å²) in [5.74, 6) is 6.65. The fourth-order valence-electron chi connectivity index (χ4n) is 3.16. The van der Waals surface area contributed by atoms with Crippen LogP contribution in [-0.2, 0) is 10.0 Å². The van der Waals surface area contributed by atoms with Crippen LogP contribution < -0.4 is 14.4 Å². The molecular formula is C21H19FN2O4S. The maximum absolute atomic E-state index is 13.0. The summed E-state index contributed by atoms with van der Waals surface area (Å²) in [6, 6.07) is 11.5. The summed E-state index contributed by atoms with van der Waals surface area (Å²) in [6.07, 6.45) is 1.34. The lowest BCUT2D eigenvalue weighted by Gasteiger charge is -2.34. The van der Waals surface area contributed by atoms with Gasteiger partial charge < -0.3 is 14.4 Å². The van der Waals surface area contributed by atoms with Crippen LogP contribution in [-0.4, -0.2) is 45.7 Å². The molecule has 0 aromatic heterocycles. The van der Waals surface area contributed by atoms with Crippen LogP contribution in [0.1, 0.15) is 5.56 Å². The molecule has 1 saturated heterocycles. The highest BCUT2D eigenvalue weighted by Gasteiger charge is 2.25. The number of nitrogens with zero attached hydrogens (tertiary/aromatic N) is 2. The first kappa shape index (κ1) is 19.3. The van der Waals surface area contributed by atoms with Gasteiger partial charge in [-0.25, -0.2) is 12.8 Å². The van der Waals surface area contributed by atoms with Crippen molar-refractivity contribution in [3.63, 3.8) is 0 Å². The first-order chi connectivity index (χ1) is 14.0. The van der Waals surface area contributed by atoms with Crippen molar-refractivity contribution in [2.24, 2.45) is 0 Å². The van der Waals surface area contributed by atoms with Crippen molar-refractivity contribution in [2.45, 2.75) is 0 Å². The highest BCUT2D eigenvalue weighted by molar-refractivity contribution is 7.92. The Morgan fingerprint density at radius 2 is 1.69 bits per heavy atom. The molecule has 4 rings (SSSR count). The van der Waals surface area contributed by atoms with Crippen LogP contribution in [0.25, 0.3) is 0 Å². The van der Waals surface area contributed by atoms with Crippen molar-refractivity contribution < 1.29 is 22.3 Å². The van der Waals surface area contributed by atoms with Gasteiger partial charge in [0.1, 0.15) is 5.82 Å². The van der Waals surface area contributed by atoms with Gasteiger partial charge in [-0.3, -0.25) is 0 Å². The third-order valence-corrected chi connectivity index (χ3v) is 6.27. The number of benzene rings is 2. The van der Waals surface area contributed by atoms with E-state index in [4.69, 9.17) is 9.47 Å². The number of hydrogen-bond acceptors (Lipinski definition) is 5. The van der Waals surface area contributed by atoms with Crippen molar-refractivity contribution in [1.82, 2.24) is 4.31 Å². The second-order valence-electron chi connectivity index (χ2n) is 6.55. The van der Waals surface area contributed by atoms with E-state index in [1.165, 1.54) is 22.5 Å². The standard InChI is InChI=1S/C21H19FN2O4S/c22-18-5-7-19(8-6-18)23-10-12-24(13-11-23)29(25,26)14-2-1-3-17-4-9-20-21(15-17)28-16-27-20/h2,4-9,14-15H,10-13,16H2. The third kappa shape index (κ3) is 4.53. The Balaban J connectivity index is 1.35. The van der Waals surface area contributed by atoms with Gasteiger partial charge in [-0.2, -0.15) is 4.31 Å². The second kappa shape index (κ2) is 8.15. The van der Waals surface area contributed by atoms with Gasteiger partial charge in [0.05, 0.1) is 5.41 Å². The van der Waals surface area contributed by atoms with Crippen molar-refractivity contribution in [3.8, 4) is 23.3 Å². The van der Waals surface area contributed by atoms with Crippen LogP contribution in [0.4, 0.5) is 10.1 Å². The summed E-state index contributed by atoms with van der Waals surface area (Å²) in [6.45, 7) is 2.00. The van der Waals surface area contributed by atoms with E-state index in [9.17, 15) is 12.8 Å². The summed E-state index contributed by atoms with van der Waals surface area (Å²) in [5.41, 5.74) is 1.60. The van der Waals surface area contributed by atoms with Gasteiger partial charge in [-0.05, 0) is 42.5 Å². The smallest absolute Gasteiger partial charge is 0.236 e. The first-order valence-corrected chi connectivity index (χ1v) is 10.6. The number of allylic oxidation sites excluding steroid dienone is 1. The highest BCUT2D eigenvalue weighted by atomic mass is 32.2. The average Bonchev–Trinajstić information content (AvgIpc) is 3.20. The van der Waals surface area contributed by atoms with Crippen LogP contribution in [0.15, 0.2) is 53.9 Å². The minimum Gasteiger partial charge on any atom is -0.454 e. The fraction of sp³-hybridized carbons (Fsp3) is 0.238. The van der Waals surface area contributed by atoms with E-state index in [0.717, 1.165) is 11.1 Å². The van der Waals surface area contributed by atoms with Crippen molar-refractivity contribution in [3.05, 3.63) is 65.3 Å². The summed E-state index contributed by atoms with van der Waals surface area (Å²) in [7, 11) is -3.54. The van der Waals surface area contributed by atoms with E-state index in [-0.39, 0.29) is 12.6 Å². The zero-order valence-electron chi connectivity index (χ0n) is 15.5. The maximum Gasteiger partial charge on any atom is 0.236 e. The van der Waals surface area contributed by atoms with E-state index in [1.807, 2.05) is 4.90 Å². The molecule has 2 aromatic carbocycles. The summed E-state index contributed by atoms with van der Waals surface area (Å²) in [5, 5.41) is 1.13. The molecule has 2 aliphatic heterocycles. The quantitative estimate of drug-likeness (QED) is 0.723. The van der Waals surface area contributed by atoms with E-state index in [0.29, 0.717) is 43.2 Å². The van der Waals surface area contributed by atoms with Gasteiger partial charge in [0.15, 0.2) is 11.5 Å². The topological polar surface area (TPSA) is 59.1 Å². The van der Waals surface area contributed by atoms with Crippen molar-refractivity contribution in [2.75, 3.05) is 37.9 Å². The molecule has 0 aliphatic carbocycles. The van der Waals surface area contributed by atoms with Gasteiger partial charge >= 0.3 is 0 Å². The molecule has 0 radical (unpaired) electrons. The molecule has 8 heteroatoms. The number of piperazine rings is 1. The Hall–Kier alpha value is -3.02. The lowest BCUT2D eigenvalue weighted by atomic mass is 10.2. The Kier molecular flexibility index (Phi) is 5.43. The summed E-state index contributed by atoms with van der Waals surface area (Å²) < 4.78 is 50.0. The Labute approximate surface area is 169 Å². The van der Waals surface area contributed by atoms with Crippen LogP contribution in [0, 0.1) is 17.7 Å². The highest BCUT2D eigenvalue weighted by Crippen LogP contribution is 2.32. The van der Waals surface area contributed by atoms with Gasteiger partial charge in [0.2, 0.25) is 16.8 Å². The number of ether oxygens (including phenoxy) is 2. The molecule has 2 aliphatic rings. The largest absolute Gasteiger partial charge is 0.454 e. The minimum absolute atomic E-state index is 0.193. The zero-order valence-corrected chi connectivity index (χ0v) is 16.4. The molecule has 0 atom stereocenters. The van der Waals surface area contributed by atoms with Gasteiger partial charge in [-0.15, -0.1) is 0 Å². The molecular weight excluding hydrogens is 395 g/mol. The van der Waals surface area contributed by atoms with Crippen LogP contribution in [0.5, 0.6) is 11.5 Å². The number of halogens is 1. The van der Waals surface area contributed by atoms with Crippen LogP contribution >= 0.6 is 0 Å². The van der Waals surface area contributed by atoms with Gasteiger partial charge in [0.25, 0.3) is 0 Å². The molecule has 0 N–H and O–H groups in total. The Morgan fingerprint density at radius 3 is 2.45 bits per heavy atom. The predicted molar refractivity (Wildman–Crippen MR) is 108 cm³/mol.